The highest BCUT2D eigenvalue weighted by atomic mass is 16.6. The number of fused-ring (bicyclic) bond motifs is 1. The lowest BCUT2D eigenvalue weighted by Crippen LogP contribution is -2.56. The first-order chi connectivity index (χ1) is 8.79. The van der Waals surface area contributed by atoms with Gasteiger partial charge in [0.2, 0.25) is 0 Å². The number of aliphatic hydroxyl groups excluding tert-OH is 1. The van der Waals surface area contributed by atoms with Gasteiger partial charge < -0.3 is 14.6 Å². The Morgan fingerprint density at radius 3 is 2.58 bits per heavy atom. The van der Waals surface area contributed by atoms with E-state index in [0.717, 1.165) is 12.8 Å². The van der Waals surface area contributed by atoms with E-state index in [1.807, 2.05) is 0 Å². The van der Waals surface area contributed by atoms with E-state index in [1.54, 1.807) is 20.8 Å². The third-order valence-corrected chi connectivity index (χ3v) is 4.54. The van der Waals surface area contributed by atoms with Crippen molar-refractivity contribution in [1.82, 2.24) is 0 Å². The summed E-state index contributed by atoms with van der Waals surface area (Å²) in [4.78, 5) is 24.3. The molecule has 0 radical (unpaired) electrons. The number of hydrogen-bond acceptors (Lipinski definition) is 5. The minimum absolute atomic E-state index is 0.0231. The summed E-state index contributed by atoms with van der Waals surface area (Å²) in [5, 5.41) is 10.2. The molecule has 0 spiro atoms. The predicted octanol–water partition coefficient (Wildman–Crippen LogP) is 0.887. The van der Waals surface area contributed by atoms with Gasteiger partial charge in [-0.05, 0) is 33.6 Å². The van der Waals surface area contributed by atoms with Gasteiger partial charge in [-0.15, -0.1) is 0 Å². The Morgan fingerprint density at radius 2 is 1.95 bits per heavy atom. The summed E-state index contributed by atoms with van der Waals surface area (Å²) in [6.45, 7) is 5.41. The summed E-state index contributed by atoms with van der Waals surface area (Å²) in [6.07, 6.45) is 0.482. The zero-order valence-corrected chi connectivity index (χ0v) is 11.5. The number of rotatable bonds is 1. The molecule has 0 amide bonds. The van der Waals surface area contributed by atoms with Gasteiger partial charge in [-0.3, -0.25) is 9.59 Å². The van der Waals surface area contributed by atoms with E-state index < -0.39 is 29.6 Å². The van der Waals surface area contributed by atoms with Gasteiger partial charge in [-0.2, -0.15) is 0 Å². The van der Waals surface area contributed by atoms with Crippen molar-refractivity contribution in [3.63, 3.8) is 0 Å². The molecule has 3 saturated carbocycles. The van der Waals surface area contributed by atoms with E-state index in [2.05, 4.69) is 0 Å². The second-order valence-electron chi connectivity index (χ2n) is 6.88. The fourth-order valence-corrected chi connectivity index (χ4v) is 3.91. The first kappa shape index (κ1) is 12.9. The van der Waals surface area contributed by atoms with Crippen molar-refractivity contribution in [3.05, 3.63) is 0 Å². The highest BCUT2D eigenvalue weighted by Crippen LogP contribution is 2.54. The Bertz CT molecular complexity index is 424. The molecule has 3 aliphatic carbocycles. The minimum Gasteiger partial charge on any atom is -0.460 e. The van der Waals surface area contributed by atoms with Crippen LogP contribution in [0.4, 0.5) is 0 Å². The van der Waals surface area contributed by atoms with Crippen LogP contribution in [-0.4, -0.2) is 34.9 Å². The molecule has 1 saturated heterocycles. The summed E-state index contributed by atoms with van der Waals surface area (Å²) in [7, 11) is 0. The topological polar surface area (TPSA) is 72.8 Å². The monoisotopic (exact) mass is 268 g/mol. The molecule has 0 aromatic rings. The first-order valence-corrected chi connectivity index (χ1v) is 6.91. The van der Waals surface area contributed by atoms with Crippen molar-refractivity contribution in [1.29, 1.82) is 0 Å². The molecule has 4 fully saturated rings. The molecule has 0 aromatic heterocycles. The lowest BCUT2D eigenvalue weighted by Gasteiger charge is -2.46. The molecule has 1 aliphatic heterocycles. The molecule has 5 nitrogen and oxygen atoms in total. The van der Waals surface area contributed by atoms with E-state index in [9.17, 15) is 14.7 Å². The average molecular weight is 268 g/mol. The van der Waals surface area contributed by atoms with Crippen LogP contribution < -0.4 is 0 Å². The zero-order valence-electron chi connectivity index (χ0n) is 11.5. The summed E-state index contributed by atoms with van der Waals surface area (Å²) < 4.78 is 10.7. The Kier molecular flexibility index (Phi) is 2.68. The van der Waals surface area contributed by atoms with Gasteiger partial charge in [0.15, 0.2) is 0 Å². The smallest absolute Gasteiger partial charge is 0.310 e. The van der Waals surface area contributed by atoms with Crippen molar-refractivity contribution < 1.29 is 24.2 Å². The number of ether oxygens (including phenoxy) is 2. The fraction of sp³-hybridized carbons (Fsp3) is 0.857. The van der Waals surface area contributed by atoms with Gasteiger partial charge in [0.05, 0.1) is 17.9 Å². The number of esters is 2. The Hall–Kier alpha value is -1.10. The van der Waals surface area contributed by atoms with Crippen LogP contribution in [0.2, 0.25) is 0 Å². The molecule has 106 valence electrons. The molecule has 1 heterocycles. The van der Waals surface area contributed by atoms with Gasteiger partial charge >= 0.3 is 11.9 Å². The Morgan fingerprint density at radius 1 is 1.32 bits per heavy atom. The van der Waals surface area contributed by atoms with Gasteiger partial charge in [0.1, 0.15) is 11.7 Å². The summed E-state index contributed by atoms with van der Waals surface area (Å²) in [5.74, 6) is -1.90. The second kappa shape index (κ2) is 3.95. The Labute approximate surface area is 112 Å². The highest BCUT2D eigenvalue weighted by Gasteiger charge is 2.65. The standard InChI is InChI=1S/C14H20O5/c1-14(2,3)19-13(17)8-6-4-5-7-9(8)12(16)18-11(7)10(6)15/h6-11,15H,4-5H2,1-3H3. The summed E-state index contributed by atoms with van der Waals surface area (Å²) >= 11 is 0. The third kappa shape index (κ3) is 1.86. The predicted molar refractivity (Wildman–Crippen MR) is 64.9 cm³/mol. The van der Waals surface area contributed by atoms with Crippen LogP contribution in [0.5, 0.6) is 0 Å². The summed E-state index contributed by atoms with van der Waals surface area (Å²) in [5.41, 5.74) is -0.583. The van der Waals surface area contributed by atoms with Crippen LogP contribution in [0.25, 0.3) is 0 Å². The second-order valence-corrected chi connectivity index (χ2v) is 6.88. The molecule has 4 bridgehead atoms. The fourth-order valence-electron chi connectivity index (χ4n) is 3.91. The average Bonchev–Trinajstić information content (AvgIpc) is 2.58. The van der Waals surface area contributed by atoms with E-state index in [4.69, 9.17) is 9.47 Å². The van der Waals surface area contributed by atoms with Gasteiger partial charge in [0.25, 0.3) is 0 Å². The molecule has 6 unspecified atom stereocenters. The molecule has 1 N–H and O–H groups in total. The maximum atomic E-state index is 12.3. The van der Waals surface area contributed by atoms with Crippen LogP contribution in [-0.2, 0) is 19.1 Å². The van der Waals surface area contributed by atoms with Crippen molar-refractivity contribution in [2.75, 3.05) is 0 Å². The van der Waals surface area contributed by atoms with E-state index in [0.29, 0.717) is 0 Å². The first-order valence-electron chi connectivity index (χ1n) is 6.91. The lowest BCUT2D eigenvalue weighted by atomic mass is 9.57. The molecular weight excluding hydrogens is 248 g/mol. The molecule has 19 heavy (non-hydrogen) atoms. The maximum absolute atomic E-state index is 12.3. The molecular formula is C14H20O5. The van der Waals surface area contributed by atoms with Crippen LogP contribution in [0.1, 0.15) is 33.6 Å². The van der Waals surface area contributed by atoms with Crippen LogP contribution in [0, 0.1) is 23.7 Å². The minimum atomic E-state index is -0.723. The third-order valence-electron chi connectivity index (χ3n) is 4.54. The Balaban J connectivity index is 1.89. The van der Waals surface area contributed by atoms with Crippen LogP contribution >= 0.6 is 0 Å². The molecule has 4 rings (SSSR count). The molecule has 0 aromatic carbocycles. The van der Waals surface area contributed by atoms with Crippen molar-refractivity contribution in [2.24, 2.45) is 23.7 Å². The van der Waals surface area contributed by atoms with E-state index in [1.165, 1.54) is 0 Å². The van der Waals surface area contributed by atoms with Gasteiger partial charge in [0, 0.05) is 11.8 Å². The highest BCUT2D eigenvalue weighted by molar-refractivity contribution is 5.85. The number of hydrogen-bond donors (Lipinski definition) is 1. The summed E-state index contributed by atoms with van der Waals surface area (Å²) in [6, 6.07) is 0. The normalized spacial score (nSPS) is 44.1. The SMILES string of the molecule is CC(C)(C)OC(=O)C1C2CCC3C(OC(=O)C31)C2O. The number of carbonyl (C=O) groups is 2. The molecule has 5 heteroatoms. The van der Waals surface area contributed by atoms with Gasteiger partial charge in [-0.1, -0.05) is 0 Å². The van der Waals surface area contributed by atoms with Crippen molar-refractivity contribution in [3.8, 4) is 0 Å². The van der Waals surface area contributed by atoms with Crippen LogP contribution in [0.15, 0.2) is 0 Å². The maximum Gasteiger partial charge on any atom is 0.310 e. The van der Waals surface area contributed by atoms with E-state index in [-0.39, 0.29) is 23.8 Å². The quantitative estimate of drug-likeness (QED) is 0.715. The van der Waals surface area contributed by atoms with Crippen LogP contribution in [0.3, 0.4) is 0 Å². The van der Waals surface area contributed by atoms with Gasteiger partial charge in [-0.25, -0.2) is 0 Å². The molecule has 6 atom stereocenters. The lowest BCUT2D eigenvalue weighted by molar-refractivity contribution is -0.177. The number of aliphatic hydroxyl groups is 1. The largest absolute Gasteiger partial charge is 0.460 e. The van der Waals surface area contributed by atoms with Crippen molar-refractivity contribution in [2.45, 2.75) is 51.4 Å². The zero-order chi connectivity index (χ0) is 13.9. The molecule has 4 aliphatic rings. The number of carbonyl (C=O) groups excluding carboxylic acids is 2. The van der Waals surface area contributed by atoms with Crippen molar-refractivity contribution >= 4 is 11.9 Å². The van der Waals surface area contributed by atoms with E-state index >= 15 is 0 Å².